The van der Waals surface area contributed by atoms with Crippen LogP contribution in [-0.4, -0.2) is 37.2 Å². The molecule has 0 rings (SSSR count). The molecule has 1 unspecified atom stereocenters. The fourth-order valence-corrected chi connectivity index (χ4v) is 9.65. The minimum absolute atomic E-state index is 0.0745. The van der Waals surface area contributed by atoms with Crippen LogP contribution in [0.25, 0.3) is 0 Å². The molecule has 0 bridgehead atoms. The molecule has 0 aromatic heterocycles. The second kappa shape index (κ2) is 62.2. The standard InChI is InChI=1S/C67H124O6/c1-4-7-10-13-16-19-22-24-26-27-28-29-30-31-32-33-34-35-36-37-38-39-41-42-45-48-51-54-57-60-66(69)72-63-64(62-71-65(68)59-56-53-50-47-44-21-18-15-12-9-6-3)73-67(70)61-58-55-52-49-46-43-40-25-23-20-17-14-11-8-5-2/h15,18,25,27-28,40,64H,4-14,16-17,19-24,26,29-39,41-63H2,1-3H3/b18-15-,28-27-,40-25-. The average Bonchev–Trinajstić information content (AvgIpc) is 3.39. The molecule has 0 saturated carbocycles. The van der Waals surface area contributed by atoms with E-state index < -0.39 is 6.10 Å². The minimum Gasteiger partial charge on any atom is -0.462 e. The van der Waals surface area contributed by atoms with Crippen LogP contribution in [0.3, 0.4) is 0 Å². The van der Waals surface area contributed by atoms with Crippen LogP contribution in [0.5, 0.6) is 0 Å². The van der Waals surface area contributed by atoms with Gasteiger partial charge in [0.05, 0.1) is 0 Å². The summed E-state index contributed by atoms with van der Waals surface area (Å²) in [7, 11) is 0. The van der Waals surface area contributed by atoms with Gasteiger partial charge in [-0.25, -0.2) is 0 Å². The fraction of sp³-hybridized carbons (Fsp3) is 0.866. The molecule has 0 heterocycles. The van der Waals surface area contributed by atoms with Crippen molar-refractivity contribution in [2.45, 2.75) is 361 Å². The average molecular weight is 1030 g/mol. The highest BCUT2D eigenvalue weighted by Gasteiger charge is 2.19. The van der Waals surface area contributed by atoms with E-state index in [0.29, 0.717) is 19.3 Å². The Morgan fingerprint density at radius 3 is 0.726 bits per heavy atom. The molecule has 0 saturated heterocycles. The monoisotopic (exact) mass is 1020 g/mol. The molecule has 6 nitrogen and oxygen atoms in total. The summed E-state index contributed by atoms with van der Waals surface area (Å²) in [6, 6.07) is 0. The molecule has 0 aromatic rings. The predicted molar refractivity (Wildman–Crippen MR) is 316 cm³/mol. The number of ether oxygens (including phenoxy) is 3. The number of allylic oxidation sites excluding steroid dienone is 6. The van der Waals surface area contributed by atoms with Crippen molar-refractivity contribution in [1.82, 2.24) is 0 Å². The number of esters is 3. The number of rotatable bonds is 60. The lowest BCUT2D eigenvalue weighted by Gasteiger charge is -2.18. The van der Waals surface area contributed by atoms with Crippen molar-refractivity contribution >= 4 is 17.9 Å². The van der Waals surface area contributed by atoms with Crippen molar-refractivity contribution in [2.75, 3.05) is 13.2 Å². The lowest BCUT2D eigenvalue weighted by molar-refractivity contribution is -0.167. The van der Waals surface area contributed by atoms with Crippen LogP contribution in [0.15, 0.2) is 36.5 Å². The van der Waals surface area contributed by atoms with Gasteiger partial charge in [-0.15, -0.1) is 0 Å². The zero-order chi connectivity index (χ0) is 52.9. The summed E-state index contributed by atoms with van der Waals surface area (Å²) in [6.45, 7) is 6.63. The molecule has 0 amide bonds. The van der Waals surface area contributed by atoms with E-state index in [1.807, 2.05) is 0 Å². The van der Waals surface area contributed by atoms with Crippen LogP contribution in [0.4, 0.5) is 0 Å². The second-order valence-corrected chi connectivity index (χ2v) is 22.0. The van der Waals surface area contributed by atoms with Crippen LogP contribution in [0.1, 0.15) is 355 Å². The minimum atomic E-state index is -0.777. The summed E-state index contributed by atoms with van der Waals surface area (Å²) in [5, 5.41) is 0. The van der Waals surface area contributed by atoms with Crippen molar-refractivity contribution in [3.05, 3.63) is 36.5 Å². The van der Waals surface area contributed by atoms with Crippen molar-refractivity contribution in [2.24, 2.45) is 0 Å². The van der Waals surface area contributed by atoms with Crippen molar-refractivity contribution < 1.29 is 28.6 Å². The maximum atomic E-state index is 12.9. The third-order valence-electron chi connectivity index (χ3n) is 14.6. The maximum Gasteiger partial charge on any atom is 0.306 e. The fourth-order valence-electron chi connectivity index (χ4n) is 9.65. The molecule has 0 aliphatic heterocycles. The Balaban J connectivity index is 4.12. The van der Waals surface area contributed by atoms with Crippen LogP contribution in [0, 0.1) is 0 Å². The molecule has 73 heavy (non-hydrogen) atoms. The Hall–Kier alpha value is -2.37. The summed E-state index contributed by atoms with van der Waals surface area (Å²) >= 11 is 0. The van der Waals surface area contributed by atoms with E-state index in [2.05, 4.69) is 57.2 Å². The summed E-state index contributed by atoms with van der Waals surface area (Å²) in [6.07, 6.45) is 76.0. The molecule has 0 radical (unpaired) electrons. The van der Waals surface area contributed by atoms with Gasteiger partial charge in [0.1, 0.15) is 13.2 Å². The first-order valence-electron chi connectivity index (χ1n) is 32.5. The number of carbonyl (C=O) groups excluding carboxylic acids is 3. The Labute approximate surface area is 455 Å². The quantitative estimate of drug-likeness (QED) is 0.0261. The molecule has 0 N–H and O–H groups in total. The molecule has 1 atom stereocenters. The van der Waals surface area contributed by atoms with Gasteiger partial charge in [-0.2, -0.15) is 0 Å². The molecule has 0 fully saturated rings. The molecule has 0 aliphatic rings. The molecule has 6 heteroatoms. The predicted octanol–water partition coefficient (Wildman–Crippen LogP) is 22.0. The van der Waals surface area contributed by atoms with Gasteiger partial charge in [-0.3, -0.25) is 14.4 Å². The van der Waals surface area contributed by atoms with Crippen LogP contribution < -0.4 is 0 Å². The normalized spacial score (nSPS) is 12.2. The van der Waals surface area contributed by atoms with Crippen molar-refractivity contribution in [3.8, 4) is 0 Å². The lowest BCUT2D eigenvalue weighted by Crippen LogP contribution is -2.30. The van der Waals surface area contributed by atoms with E-state index in [9.17, 15) is 14.4 Å². The van der Waals surface area contributed by atoms with E-state index in [0.717, 1.165) is 70.6 Å². The number of hydrogen-bond donors (Lipinski definition) is 0. The van der Waals surface area contributed by atoms with Gasteiger partial charge in [-0.05, 0) is 89.9 Å². The second-order valence-electron chi connectivity index (χ2n) is 22.0. The Kier molecular flexibility index (Phi) is 60.2. The molecule has 428 valence electrons. The summed E-state index contributed by atoms with van der Waals surface area (Å²) in [4.78, 5) is 38.2. The molecule has 0 aromatic carbocycles. The van der Waals surface area contributed by atoms with Gasteiger partial charge in [0.2, 0.25) is 0 Å². The highest BCUT2D eigenvalue weighted by atomic mass is 16.6. The first kappa shape index (κ1) is 70.6. The first-order chi connectivity index (χ1) is 36.0. The highest BCUT2D eigenvalue weighted by molar-refractivity contribution is 5.71. The number of carbonyl (C=O) groups is 3. The molecular formula is C67H124O6. The largest absolute Gasteiger partial charge is 0.462 e. The molecule has 0 aliphatic carbocycles. The Morgan fingerprint density at radius 1 is 0.260 bits per heavy atom. The summed E-state index contributed by atoms with van der Waals surface area (Å²) in [5.41, 5.74) is 0. The highest BCUT2D eigenvalue weighted by Crippen LogP contribution is 2.17. The maximum absolute atomic E-state index is 12.9. The van der Waals surface area contributed by atoms with Crippen molar-refractivity contribution in [1.29, 1.82) is 0 Å². The van der Waals surface area contributed by atoms with Gasteiger partial charge >= 0.3 is 17.9 Å². The topological polar surface area (TPSA) is 78.9 Å². The number of hydrogen-bond acceptors (Lipinski definition) is 6. The molecule has 0 spiro atoms. The van der Waals surface area contributed by atoms with Crippen LogP contribution in [0.2, 0.25) is 0 Å². The Bertz CT molecular complexity index is 1220. The van der Waals surface area contributed by atoms with E-state index in [1.54, 1.807) is 0 Å². The lowest BCUT2D eigenvalue weighted by atomic mass is 10.0. The zero-order valence-electron chi connectivity index (χ0n) is 49.2. The van der Waals surface area contributed by atoms with E-state index in [-0.39, 0.29) is 31.1 Å². The van der Waals surface area contributed by atoms with Gasteiger partial charge in [0.15, 0.2) is 6.10 Å². The van der Waals surface area contributed by atoms with Gasteiger partial charge in [0.25, 0.3) is 0 Å². The molecular weight excluding hydrogens is 901 g/mol. The third kappa shape index (κ3) is 60.4. The van der Waals surface area contributed by atoms with Crippen molar-refractivity contribution in [3.63, 3.8) is 0 Å². The smallest absolute Gasteiger partial charge is 0.306 e. The number of unbranched alkanes of at least 4 members (excludes halogenated alkanes) is 43. The SMILES string of the molecule is CCCC/C=C\CCCCCCCC(=O)OCC(COC(=O)CCCCCCCCCCCCCCCCCCC/C=C\CCCCCCCCCC)OC(=O)CCCCCCC/C=C\CCCCCCCC. The Morgan fingerprint density at radius 2 is 0.466 bits per heavy atom. The third-order valence-corrected chi connectivity index (χ3v) is 14.6. The summed E-state index contributed by atoms with van der Waals surface area (Å²) < 4.78 is 16.9. The summed E-state index contributed by atoms with van der Waals surface area (Å²) in [5.74, 6) is -0.874. The first-order valence-corrected chi connectivity index (χ1v) is 32.5. The van der Waals surface area contributed by atoms with Gasteiger partial charge in [-0.1, -0.05) is 282 Å². The van der Waals surface area contributed by atoms with E-state index >= 15 is 0 Å². The van der Waals surface area contributed by atoms with E-state index in [1.165, 1.54) is 244 Å². The van der Waals surface area contributed by atoms with Gasteiger partial charge in [0, 0.05) is 19.3 Å². The van der Waals surface area contributed by atoms with Crippen LogP contribution in [-0.2, 0) is 28.6 Å². The zero-order valence-corrected chi connectivity index (χ0v) is 49.2. The van der Waals surface area contributed by atoms with Gasteiger partial charge < -0.3 is 14.2 Å². The van der Waals surface area contributed by atoms with E-state index in [4.69, 9.17) is 14.2 Å². The van der Waals surface area contributed by atoms with Crippen LogP contribution >= 0.6 is 0 Å².